The number of hydrogen-bond donors (Lipinski definition) is 3. The van der Waals surface area contributed by atoms with Gasteiger partial charge in [0.05, 0.1) is 0 Å². The van der Waals surface area contributed by atoms with Gasteiger partial charge in [-0.3, -0.25) is 14.4 Å². The standard InChI is InChI=1S/C42H42F2N4O3/c1-28(49)48-26-6-11-40(48)42(51)46-25-5-8-30-14-18-32(19-15-30)35-27-33(20-21-37(35)44)38-22-23-39(47-38)41(50)45-24-4-7-29-12-16-31(17-13-29)34-9-2-3-10-36(34)43/h2-3,9-10,12-23,27,40,47H,4-8,11,24-26H2,1H3,(H,45,50)(H,46,51)/t40-/m0/s1. The highest BCUT2D eigenvalue weighted by Gasteiger charge is 2.31. The molecule has 51 heavy (non-hydrogen) atoms. The monoisotopic (exact) mass is 688 g/mol. The van der Waals surface area contributed by atoms with Crippen LogP contribution in [-0.4, -0.2) is 53.3 Å². The molecule has 2 heterocycles. The number of hydrogen-bond acceptors (Lipinski definition) is 3. The summed E-state index contributed by atoms with van der Waals surface area (Å²) in [6.07, 6.45) is 4.56. The number of likely N-dealkylation sites (tertiary alicyclic amines) is 1. The van der Waals surface area contributed by atoms with Gasteiger partial charge in [-0.25, -0.2) is 8.78 Å². The molecule has 0 unspecified atom stereocenters. The molecule has 9 heteroatoms. The molecule has 3 N–H and O–H groups in total. The number of carbonyl (C=O) groups is 3. The second kappa shape index (κ2) is 16.4. The molecule has 0 spiro atoms. The highest BCUT2D eigenvalue weighted by molar-refractivity contribution is 5.93. The van der Waals surface area contributed by atoms with E-state index in [1.54, 1.807) is 35.2 Å². The highest BCUT2D eigenvalue weighted by atomic mass is 19.1. The fourth-order valence-electron chi connectivity index (χ4n) is 6.63. The summed E-state index contributed by atoms with van der Waals surface area (Å²) in [4.78, 5) is 42.0. The van der Waals surface area contributed by atoms with Crippen LogP contribution in [0, 0.1) is 11.6 Å². The van der Waals surface area contributed by atoms with Gasteiger partial charge in [-0.1, -0.05) is 66.7 Å². The fraction of sp³-hybridized carbons (Fsp3) is 0.262. The van der Waals surface area contributed by atoms with Crippen molar-refractivity contribution in [1.82, 2.24) is 20.5 Å². The van der Waals surface area contributed by atoms with Crippen LogP contribution in [0.15, 0.2) is 103 Å². The first-order chi connectivity index (χ1) is 24.8. The maximum Gasteiger partial charge on any atom is 0.267 e. The van der Waals surface area contributed by atoms with Crippen molar-refractivity contribution in [3.63, 3.8) is 0 Å². The van der Waals surface area contributed by atoms with Gasteiger partial charge < -0.3 is 20.5 Å². The van der Waals surface area contributed by atoms with E-state index in [0.717, 1.165) is 59.9 Å². The molecule has 1 fully saturated rings. The first-order valence-corrected chi connectivity index (χ1v) is 17.5. The molecule has 0 aliphatic carbocycles. The molecule has 5 aromatic rings. The van der Waals surface area contributed by atoms with Crippen LogP contribution < -0.4 is 10.6 Å². The average Bonchev–Trinajstić information content (AvgIpc) is 3.85. The summed E-state index contributed by atoms with van der Waals surface area (Å²) in [5.74, 6) is -0.969. The SMILES string of the molecule is CC(=O)N1CCC[C@H]1C(=O)NCCCc1ccc(-c2cc(-c3ccc(C(=O)NCCCc4ccc(-c5ccccc5F)cc4)[nH]3)ccc2F)cc1. The predicted octanol–water partition coefficient (Wildman–Crippen LogP) is 7.72. The molecule has 0 radical (unpaired) electrons. The van der Waals surface area contributed by atoms with Gasteiger partial charge >= 0.3 is 0 Å². The predicted molar refractivity (Wildman–Crippen MR) is 196 cm³/mol. The van der Waals surface area contributed by atoms with Crippen LogP contribution in [0.3, 0.4) is 0 Å². The molecular formula is C42H42F2N4O3. The normalized spacial score (nSPS) is 14.0. The van der Waals surface area contributed by atoms with Crippen molar-refractivity contribution in [2.45, 2.75) is 51.5 Å². The van der Waals surface area contributed by atoms with Gasteiger partial charge in [0.25, 0.3) is 5.91 Å². The molecule has 4 aromatic carbocycles. The Morgan fingerprint density at radius 2 is 1.33 bits per heavy atom. The van der Waals surface area contributed by atoms with Crippen molar-refractivity contribution >= 4 is 17.7 Å². The number of carbonyl (C=O) groups excluding carboxylic acids is 3. The van der Waals surface area contributed by atoms with Gasteiger partial charge in [-0.2, -0.15) is 0 Å². The number of aromatic amines is 1. The first kappa shape index (κ1) is 35.3. The Balaban J connectivity index is 0.974. The van der Waals surface area contributed by atoms with Crippen LogP contribution >= 0.6 is 0 Å². The zero-order chi connectivity index (χ0) is 35.7. The Hall–Kier alpha value is -5.57. The summed E-state index contributed by atoms with van der Waals surface area (Å²) in [5.41, 5.74) is 6.67. The van der Waals surface area contributed by atoms with Crippen molar-refractivity contribution in [2.75, 3.05) is 19.6 Å². The molecule has 1 aliphatic rings. The summed E-state index contributed by atoms with van der Waals surface area (Å²) in [6.45, 7) is 3.14. The number of rotatable bonds is 13. The van der Waals surface area contributed by atoms with Crippen LogP contribution in [0.1, 0.15) is 54.2 Å². The van der Waals surface area contributed by atoms with E-state index in [0.29, 0.717) is 48.6 Å². The van der Waals surface area contributed by atoms with Crippen molar-refractivity contribution < 1.29 is 23.2 Å². The molecule has 3 amide bonds. The van der Waals surface area contributed by atoms with Gasteiger partial charge in [-0.15, -0.1) is 0 Å². The lowest BCUT2D eigenvalue weighted by molar-refractivity contribution is -0.136. The van der Waals surface area contributed by atoms with Crippen LogP contribution in [0.5, 0.6) is 0 Å². The minimum absolute atomic E-state index is 0.0678. The Bertz CT molecular complexity index is 1990. The number of aromatic nitrogens is 1. The largest absolute Gasteiger partial charge is 0.354 e. The van der Waals surface area contributed by atoms with Crippen molar-refractivity contribution in [3.8, 4) is 33.5 Å². The summed E-state index contributed by atoms with van der Waals surface area (Å²) >= 11 is 0. The summed E-state index contributed by atoms with van der Waals surface area (Å²) in [5, 5.41) is 5.92. The zero-order valence-electron chi connectivity index (χ0n) is 28.7. The van der Waals surface area contributed by atoms with Crippen molar-refractivity contribution in [3.05, 3.63) is 132 Å². The third kappa shape index (κ3) is 8.78. The first-order valence-electron chi connectivity index (χ1n) is 17.5. The minimum atomic E-state index is -0.371. The van der Waals surface area contributed by atoms with Crippen molar-refractivity contribution in [2.24, 2.45) is 0 Å². The lowest BCUT2D eigenvalue weighted by Gasteiger charge is -2.22. The number of halogens is 2. The molecule has 7 nitrogen and oxygen atoms in total. The number of benzene rings is 4. The number of aryl methyl sites for hydroxylation is 2. The third-order valence-corrected chi connectivity index (χ3v) is 9.44. The topological polar surface area (TPSA) is 94.3 Å². The van der Waals surface area contributed by atoms with Crippen LogP contribution in [0.4, 0.5) is 8.78 Å². The second-order valence-corrected chi connectivity index (χ2v) is 13.0. The summed E-state index contributed by atoms with van der Waals surface area (Å²) < 4.78 is 29.1. The number of nitrogens with one attached hydrogen (secondary N) is 3. The Morgan fingerprint density at radius 1 is 0.725 bits per heavy atom. The van der Waals surface area contributed by atoms with Crippen LogP contribution in [0.25, 0.3) is 33.5 Å². The van der Waals surface area contributed by atoms with Gasteiger partial charge in [-0.05, 0) is 103 Å². The molecule has 1 aliphatic heterocycles. The van der Waals surface area contributed by atoms with E-state index in [1.165, 1.54) is 19.1 Å². The number of H-pyrrole nitrogens is 1. The second-order valence-electron chi connectivity index (χ2n) is 13.0. The summed E-state index contributed by atoms with van der Waals surface area (Å²) in [6, 6.07) is 30.3. The van der Waals surface area contributed by atoms with E-state index in [4.69, 9.17) is 0 Å². The maximum absolute atomic E-state index is 15.0. The molecule has 0 saturated carbocycles. The lowest BCUT2D eigenvalue weighted by Crippen LogP contribution is -2.45. The maximum atomic E-state index is 15.0. The van der Waals surface area contributed by atoms with Gasteiger partial charge in [0, 0.05) is 43.4 Å². The minimum Gasteiger partial charge on any atom is -0.354 e. The number of amides is 3. The average molecular weight is 689 g/mol. The van der Waals surface area contributed by atoms with E-state index < -0.39 is 0 Å². The molecule has 1 aromatic heterocycles. The van der Waals surface area contributed by atoms with Gasteiger partial charge in [0.15, 0.2) is 0 Å². The molecule has 1 saturated heterocycles. The number of nitrogens with zero attached hydrogens (tertiary/aromatic N) is 1. The third-order valence-electron chi connectivity index (χ3n) is 9.44. The van der Waals surface area contributed by atoms with E-state index >= 15 is 0 Å². The lowest BCUT2D eigenvalue weighted by atomic mass is 9.99. The Kier molecular flexibility index (Phi) is 11.4. The van der Waals surface area contributed by atoms with E-state index in [1.807, 2.05) is 60.7 Å². The van der Waals surface area contributed by atoms with Crippen LogP contribution in [0.2, 0.25) is 0 Å². The van der Waals surface area contributed by atoms with Crippen LogP contribution in [-0.2, 0) is 22.4 Å². The summed E-state index contributed by atoms with van der Waals surface area (Å²) in [7, 11) is 0. The van der Waals surface area contributed by atoms with Gasteiger partial charge in [0.2, 0.25) is 11.8 Å². The smallest absolute Gasteiger partial charge is 0.267 e. The van der Waals surface area contributed by atoms with Crippen molar-refractivity contribution in [1.29, 1.82) is 0 Å². The molecular weight excluding hydrogens is 646 g/mol. The highest BCUT2D eigenvalue weighted by Crippen LogP contribution is 2.29. The molecule has 6 rings (SSSR count). The Labute approximate surface area is 297 Å². The van der Waals surface area contributed by atoms with E-state index in [-0.39, 0.29) is 35.4 Å². The quantitative estimate of drug-likeness (QED) is 0.111. The zero-order valence-corrected chi connectivity index (χ0v) is 28.7. The van der Waals surface area contributed by atoms with E-state index in [2.05, 4.69) is 15.6 Å². The van der Waals surface area contributed by atoms with Gasteiger partial charge in [0.1, 0.15) is 23.4 Å². The fourth-order valence-corrected chi connectivity index (χ4v) is 6.63. The Morgan fingerprint density at radius 3 is 2.00 bits per heavy atom. The van der Waals surface area contributed by atoms with E-state index in [9.17, 15) is 23.2 Å². The molecule has 262 valence electrons. The molecule has 1 atom stereocenters. The molecule has 0 bridgehead atoms.